The Hall–Kier alpha value is -1.16. The first-order valence-electron chi connectivity index (χ1n) is 5.57. The SMILES string of the molecule is CC(C)Oc1[nH]ccc1N1CCNCC1. The fraction of sp³-hybridized carbons (Fsp3) is 0.636. The average Bonchev–Trinajstić information content (AvgIpc) is 2.66. The Kier molecular flexibility index (Phi) is 3.16. The standard InChI is InChI=1S/C11H19N3O/c1-9(2)15-11-10(3-4-13-11)14-7-5-12-6-8-14/h3-4,9,12-13H,5-8H2,1-2H3. The van der Waals surface area contributed by atoms with E-state index in [1.807, 2.05) is 20.0 Å². The van der Waals surface area contributed by atoms with E-state index in [2.05, 4.69) is 21.3 Å². The number of aromatic nitrogens is 1. The summed E-state index contributed by atoms with van der Waals surface area (Å²) in [5.41, 5.74) is 1.19. The second-order valence-electron chi connectivity index (χ2n) is 4.10. The van der Waals surface area contributed by atoms with E-state index in [0.29, 0.717) is 0 Å². The third-order valence-electron chi connectivity index (χ3n) is 2.50. The molecule has 0 atom stereocenters. The van der Waals surface area contributed by atoms with Gasteiger partial charge in [0.1, 0.15) is 0 Å². The zero-order valence-electron chi connectivity index (χ0n) is 9.42. The first-order chi connectivity index (χ1) is 7.27. The third-order valence-corrected chi connectivity index (χ3v) is 2.50. The highest BCUT2D eigenvalue weighted by molar-refractivity contribution is 5.56. The van der Waals surface area contributed by atoms with Gasteiger partial charge in [0.2, 0.25) is 5.88 Å². The van der Waals surface area contributed by atoms with Crippen LogP contribution in [0.25, 0.3) is 0 Å². The van der Waals surface area contributed by atoms with Crippen LogP contribution in [0.1, 0.15) is 13.8 Å². The monoisotopic (exact) mass is 209 g/mol. The van der Waals surface area contributed by atoms with Crippen molar-refractivity contribution in [3.8, 4) is 5.88 Å². The maximum Gasteiger partial charge on any atom is 0.215 e. The number of hydrogen-bond donors (Lipinski definition) is 2. The molecule has 1 aromatic heterocycles. The highest BCUT2D eigenvalue weighted by atomic mass is 16.5. The summed E-state index contributed by atoms with van der Waals surface area (Å²) in [4.78, 5) is 5.50. The van der Waals surface area contributed by atoms with E-state index in [4.69, 9.17) is 4.74 Å². The van der Waals surface area contributed by atoms with Crippen LogP contribution in [0.2, 0.25) is 0 Å². The lowest BCUT2D eigenvalue weighted by molar-refractivity contribution is 0.234. The molecule has 0 spiro atoms. The van der Waals surface area contributed by atoms with Crippen molar-refractivity contribution in [3.05, 3.63) is 12.3 Å². The molecular weight excluding hydrogens is 190 g/mol. The molecule has 2 rings (SSSR count). The lowest BCUT2D eigenvalue weighted by atomic mass is 10.3. The van der Waals surface area contributed by atoms with Crippen LogP contribution in [0.4, 0.5) is 5.69 Å². The van der Waals surface area contributed by atoms with Crippen LogP contribution in [0.3, 0.4) is 0 Å². The quantitative estimate of drug-likeness (QED) is 0.786. The fourth-order valence-corrected chi connectivity index (χ4v) is 1.83. The maximum absolute atomic E-state index is 5.72. The van der Waals surface area contributed by atoms with E-state index in [9.17, 15) is 0 Å². The number of anilines is 1. The summed E-state index contributed by atoms with van der Waals surface area (Å²) in [5.74, 6) is 0.895. The normalized spacial score (nSPS) is 17.1. The van der Waals surface area contributed by atoms with Gasteiger partial charge in [0.15, 0.2) is 0 Å². The van der Waals surface area contributed by atoms with Crippen LogP contribution < -0.4 is 15.0 Å². The molecule has 1 aromatic rings. The predicted octanol–water partition coefficient (Wildman–Crippen LogP) is 1.21. The number of piperazine rings is 1. The van der Waals surface area contributed by atoms with Gasteiger partial charge in [-0.25, -0.2) is 0 Å². The van der Waals surface area contributed by atoms with Crippen LogP contribution in [0, 0.1) is 0 Å². The highest BCUT2D eigenvalue weighted by Gasteiger charge is 2.16. The number of hydrogen-bond acceptors (Lipinski definition) is 3. The minimum atomic E-state index is 0.213. The molecule has 0 amide bonds. The molecular formula is C11H19N3O. The average molecular weight is 209 g/mol. The molecule has 4 heteroatoms. The fourth-order valence-electron chi connectivity index (χ4n) is 1.83. The van der Waals surface area contributed by atoms with Crippen molar-refractivity contribution in [2.75, 3.05) is 31.1 Å². The van der Waals surface area contributed by atoms with Gasteiger partial charge in [0, 0.05) is 32.4 Å². The Balaban J connectivity index is 2.09. The van der Waals surface area contributed by atoms with Gasteiger partial charge in [-0.05, 0) is 19.9 Å². The van der Waals surface area contributed by atoms with Gasteiger partial charge in [-0.1, -0.05) is 0 Å². The second kappa shape index (κ2) is 4.57. The van der Waals surface area contributed by atoms with Crippen LogP contribution in [-0.2, 0) is 0 Å². The Bertz CT molecular complexity index is 303. The van der Waals surface area contributed by atoms with Crippen molar-refractivity contribution in [3.63, 3.8) is 0 Å². The first kappa shape index (κ1) is 10.4. The van der Waals surface area contributed by atoms with Crippen molar-refractivity contribution < 1.29 is 4.74 Å². The van der Waals surface area contributed by atoms with Gasteiger partial charge in [-0.15, -0.1) is 0 Å². The van der Waals surface area contributed by atoms with Crippen molar-refractivity contribution in [1.29, 1.82) is 0 Å². The van der Waals surface area contributed by atoms with Gasteiger partial charge in [-0.2, -0.15) is 0 Å². The molecule has 4 nitrogen and oxygen atoms in total. The van der Waals surface area contributed by atoms with E-state index < -0.39 is 0 Å². The molecule has 0 bridgehead atoms. The molecule has 0 aliphatic carbocycles. The molecule has 2 N–H and O–H groups in total. The van der Waals surface area contributed by atoms with Gasteiger partial charge < -0.3 is 19.9 Å². The van der Waals surface area contributed by atoms with Gasteiger partial charge in [-0.3, -0.25) is 0 Å². The van der Waals surface area contributed by atoms with E-state index in [-0.39, 0.29) is 6.10 Å². The molecule has 15 heavy (non-hydrogen) atoms. The number of rotatable bonds is 3. The molecule has 84 valence electrons. The summed E-state index contributed by atoms with van der Waals surface area (Å²) >= 11 is 0. The number of aromatic amines is 1. The van der Waals surface area contributed by atoms with E-state index in [1.54, 1.807) is 0 Å². The predicted molar refractivity (Wildman–Crippen MR) is 61.6 cm³/mol. The van der Waals surface area contributed by atoms with Crippen LogP contribution in [-0.4, -0.2) is 37.3 Å². The topological polar surface area (TPSA) is 40.3 Å². The van der Waals surface area contributed by atoms with E-state index in [1.165, 1.54) is 5.69 Å². The smallest absolute Gasteiger partial charge is 0.215 e. The van der Waals surface area contributed by atoms with Crippen LogP contribution in [0.15, 0.2) is 12.3 Å². The molecule has 0 saturated carbocycles. The Morgan fingerprint density at radius 3 is 2.73 bits per heavy atom. The third kappa shape index (κ3) is 2.45. The zero-order valence-corrected chi connectivity index (χ0v) is 9.42. The second-order valence-corrected chi connectivity index (χ2v) is 4.10. The number of nitrogens with one attached hydrogen (secondary N) is 2. The van der Waals surface area contributed by atoms with Crippen molar-refractivity contribution >= 4 is 5.69 Å². The molecule has 1 aliphatic heterocycles. The van der Waals surface area contributed by atoms with Crippen molar-refractivity contribution in [1.82, 2.24) is 10.3 Å². The van der Waals surface area contributed by atoms with Crippen LogP contribution in [0.5, 0.6) is 5.88 Å². The molecule has 0 radical (unpaired) electrons. The summed E-state index contributed by atoms with van der Waals surface area (Å²) in [5, 5.41) is 3.34. The number of nitrogens with zero attached hydrogens (tertiary/aromatic N) is 1. The minimum absolute atomic E-state index is 0.213. The van der Waals surface area contributed by atoms with Crippen molar-refractivity contribution in [2.24, 2.45) is 0 Å². The number of ether oxygens (including phenoxy) is 1. The lowest BCUT2D eigenvalue weighted by Crippen LogP contribution is -2.43. The first-order valence-corrected chi connectivity index (χ1v) is 5.57. The van der Waals surface area contributed by atoms with Crippen LogP contribution >= 0.6 is 0 Å². The van der Waals surface area contributed by atoms with E-state index >= 15 is 0 Å². The summed E-state index contributed by atoms with van der Waals surface area (Å²) in [6.07, 6.45) is 2.15. The number of H-pyrrole nitrogens is 1. The minimum Gasteiger partial charge on any atom is -0.475 e. The molecule has 0 unspecified atom stereocenters. The Morgan fingerprint density at radius 2 is 2.07 bits per heavy atom. The maximum atomic E-state index is 5.72. The summed E-state index contributed by atoms with van der Waals surface area (Å²) in [6, 6.07) is 2.09. The van der Waals surface area contributed by atoms with Crippen molar-refractivity contribution in [2.45, 2.75) is 20.0 Å². The van der Waals surface area contributed by atoms with Gasteiger partial charge in [0.05, 0.1) is 11.8 Å². The Labute approximate surface area is 90.6 Å². The zero-order chi connectivity index (χ0) is 10.7. The highest BCUT2D eigenvalue weighted by Crippen LogP contribution is 2.27. The van der Waals surface area contributed by atoms with Gasteiger partial charge >= 0.3 is 0 Å². The van der Waals surface area contributed by atoms with Gasteiger partial charge in [0.25, 0.3) is 0 Å². The summed E-state index contributed by atoms with van der Waals surface area (Å²) in [6.45, 7) is 8.28. The summed E-state index contributed by atoms with van der Waals surface area (Å²) in [7, 11) is 0. The molecule has 1 fully saturated rings. The largest absolute Gasteiger partial charge is 0.475 e. The van der Waals surface area contributed by atoms with E-state index in [0.717, 1.165) is 32.1 Å². The Morgan fingerprint density at radius 1 is 1.33 bits per heavy atom. The molecule has 1 aliphatic rings. The lowest BCUT2D eigenvalue weighted by Gasteiger charge is -2.29. The molecule has 1 saturated heterocycles. The summed E-state index contributed by atoms with van der Waals surface area (Å²) < 4.78 is 5.72. The molecule has 2 heterocycles. The molecule has 0 aromatic carbocycles.